The van der Waals surface area contributed by atoms with Crippen LogP contribution < -0.4 is 20.1 Å². The molecule has 1 unspecified atom stereocenters. The number of nitrogens with zero attached hydrogens (tertiary/aromatic N) is 3. The molecular formula is C25H26F4N6O3S. The highest BCUT2D eigenvalue weighted by Crippen LogP contribution is 2.49. The number of rotatable bonds is 9. The molecule has 1 aromatic carbocycles. The maximum atomic E-state index is 15.2. The van der Waals surface area contributed by atoms with Crippen molar-refractivity contribution < 1.29 is 31.1 Å². The van der Waals surface area contributed by atoms with Gasteiger partial charge < -0.3 is 15.4 Å². The first-order chi connectivity index (χ1) is 18.7. The summed E-state index contributed by atoms with van der Waals surface area (Å²) in [6, 6.07) is 6.07. The summed E-state index contributed by atoms with van der Waals surface area (Å²) >= 11 is -2.64. The number of piperidine rings is 1. The van der Waals surface area contributed by atoms with Gasteiger partial charge in [0.15, 0.2) is 11.6 Å². The molecule has 2 aliphatic rings. The van der Waals surface area contributed by atoms with Gasteiger partial charge in [-0.25, -0.2) is 37.1 Å². The number of benzene rings is 1. The molecule has 5 rings (SSSR count). The van der Waals surface area contributed by atoms with E-state index in [9.17, 15) is 17.5 Å². The van der Waals surface area contributed by atoms with E-state index in [1.54, 1.807) is 24.4 Å². The Morgan fingerprint density at radius 1 is 1.13 bits per heavy atom. The molecule has 9 nitrogen and oxygen atoms in total. The van der Waals surface area contributed by atoms with E-state index < -0.39 is 59.4 Å². The van der Waals surface area contributed by atoms with Gasteiger partial charge in [0.25, 0.3) is 0 Å². The van der Waals surface area contributed by atoms with Crippen LogP contribution in [0.5, 0.6) is 11.6 Å². The first-order valence-electron chi connectivity index (χ1n) is 12.4. The topological polar surface area (TPSA) is 121 Å². The van der Waals surface area contributed by atoms with Gasteiger partial charge >= 0.3 is 0 Å². The zero-order valence-electron chi connectivity index (χ0n) is 20.5. The van der Waals surface area contributed by atoms with Crippen LogP contribution in [0.2, 0.25) is 0 Å². The summed E-state index contributed by atoms with van der Waals surface area (Å²) in [6.45, 7) is 1.74. The van der Waals surface area contributed by atoms with E-state index in [-0.39, 0.29) is 17.5 Å². The number of alkyl halides is 2. The normalized spacial score (nSPS) is 20.6. The van der Waals surface area contributed by atoms with Crippen LogP contribution in [0.15, 0.2) is 42.7 Å². The summed E-state index contributed by atoms with van der Waals surface area (Å²) in [5, 5.41) is 6.59. The molecule has 3 heterocycles. The molecule has 14 heteroatoms. The minimum absolute atomic E-state index is 0.0442. The number of pyridine rings is 1. The lowest BCUT2D eigenvalue weighted by Gasteiger charge is -2.40. The second-order valence-electron chi connectivity index (χ2n) is 9.56. The fourth-order valence-electron chi connectivity index (χ4n) is 4.84. The van der Waals surface area contributed by atoms with Crippen LogP contribution in [0.4, 0.5) is 23.5 Å². The Hall–Kier alpha value is -3.20. The number of ether oxygens (including phenoxy) is 1. The predicted octanol–water partition coefficient (Wildman–Crippen LogP) is 4.59. The summed E-state index contributed by atoms with van der Waals surface area (Å²) in [7, 11) is 0. The summed E-state index contributed by atoms with van der Waals surface area (Å²) in [5.74, 6) is -6.73. The van der Waals surface area contributed by atoms with Gasteiger partial charge in [0, 0.05) is 43.4 Å². The molecule has 3 atom stereocenters. The lowest BCUT2D eigenvalue weighted by molar-refractivity contribution is -0.118. The second-order valence-corrected chi connectivity index (χ2v) is 10.3. The Labute approximate surface area is 224 Å². The lowest BCUT2D eigenvalue weighted by Crippen LogP contribution is -2.44. The van der Waals surface area contributed by atoms with Gasteiger partial charge in [-0.1, -0.05) is 6.07 Å². The number of hydrogen-bond donors (Lipinski definition) is 4. The number of aromatic nitrogens is 3. The Bertz CT molecular complexity index is 1350. The van der Waals surface area contributed by atoms with E-state index in [0.717, 1.165) is 38.1 Å². The third-order valence-corrected chi connectivity index (χ3v) is 7.23. The molecule has 2 aromatic heterocycles. The number of hydrogen-bond acceptors (Lipinski definition) is 7. The van der Waals surface area contributed by atoms with Gasteiger partial charge in [0.05, 0.1) is 17.3 Å². The minimum Gasteiger partial charge on any atom is -0.435 e. The maximum absolute atomic E-state index is 15.2. The molecule has 4 N–H and O–H groups in total. The van der Waals surface area contributed by atoms with E-state index in [1.807, 2.05) is 0 Å². The summed E-state index contributed by atoms with van der Waals surface area (Å²) < 4.78 is 85.6. The predicted molar refractivity (Wildman–Crippen MR) is 136 cm³/mol. The summed E-state index contributed by atoms with van der Waals surface area (Å²) in [5.41, 5.74) is 0.491. The molecule has 1 saturated heterocycles. The van der Waals surface area contributed by atoms with Gasteiger partial charge in [-0.3, -0.25) is 4.55 Å². The number of anilines is 1. The van der Waals surface area contributed by atoms with Gasteiger partial charge in [0.2, 0.25) is 34.8 Å². The molecule has 0 spiro atoms. The summed E-state index contributed by atoms with van der Waals surface area (Å²) in [4.78, 5) is 13.0. The zero-order chi connectivity index (χ0) is 27.6. The van der Waals surface area contributed by atoms with Crippen molar-refractivity contribution in [3.05, 3.63) is 59.9 Å². The van der Waals surface area contributed by atoms with Crippen molar-refractivity contribution in [1.29, 1.82) is 0 Å². The van der Waals surface area contributed by atoms with Crippen LogP contribution in [0.1, 0.15) is 37.3 Å². The molecule has 1 saturated carbocycles. The average Bonchev–Trinajstić information content (AvgIpc) is 2.90. The Kier molecular flexibility index (Phi) is 8.07. The van der Waals surface area contributed by atoms with Gasteiger partial charge in [0.1, 0.15) is 0 Å². The smallest absolute Gasteiger partial charge is 0.248 e. The highest BCUT2D eigenvalue weighted by molar-refractivity contribution is 7.77. The van der Waals surface area contributed by atoms with Crippen LogP contribution in [0.25, 0.3) is 11.3 Å². The van der Waals surface area contributed by atoms with Crippen molar-refractivity contribution in [1.82, 2.24) is 25.0 Å². The van der Waals surface area contributed by atoms with Crippen LogP contribution in [0.3, 0.4) is 0 Å². The molecule has 1 aliphatic heterocycles. The first kappa shape index (κ1) is 27.4. The lowest BCUT2D eigenvalue weighted by atomic mass is 9.74. The van der Waals surface area contributed by atoms with Crippen molar-refractivity contribution in [3.63, 3.8) is 0 Å². The first-order valence-corrected chi connectivity index (χ1v) is 13.5. The van der Waals surface area contributed by atoms with Crippen molar-refractivity contribution in [3.8, 4) is 22.9 Å². The monoisotopic (exact) mass is 566 g/mol. The van der Waals surface area contributed by atoms with Gasteiger partial charge in [-0.05, 0) is 49.6 Å². The highest BCUT2D eigenvalue weighted by Gasteiger charge is 2.49. The zero-order valence-corrected chi connectivity index (χ0v) is 21.4. The van der Waals surface area contributed by atoms with E-state index >= 15 is 8.78 Å². The fraction of sp³-hybridized carbons (Fsp3) is 0.400. The van der Waals surface area contributed by atoms with Crippen LogP contribution in [-0.4, -0.2) is 48.8 Å². The van der Waals surface area contributed by atoms with Gasteiger partial charge in [-0.15, -0.1) is 0 Å². The molecule has 0 amide bonds. The minimum atomic E-state index is -2.96. The Balaban J connectivity index is 1.39. The average molecular weight is 567 g/mol. The van der Waals surface area contributed by atoms with Gasteiger partial charge in [-0.2, -0.15) is 4.39 Å². The molecule has 2 fully saturated rings. The Morgan fingerprint density at radius 2 is 1.95 bits per heavy atom. The molecule has 208 valence electrons. The molecule has 1 aliphatic carbocycles. The molecule has 0 radical (unpaired) electrons. The largest absolute Gasteiger partial charge is 0.435 e. The fourth-order valence-corrected chi connectivity index (χ4v) is 5.37. The molecule has 39 heavy (non-hydrogen) atoms. The third kappa shape index (κ3) is 6.35. The van der Waals surface area contributed by atoms with E-state index in [1.165, 1.54) is 6.20 Å². The standard InChI is InChI=1S/C25H26F4N6O3S/c26-20-17(22(35-39(36)37)14-11-25(28,29)12-14)5-6-19(21(20)27)38-23-16(4-2-9-31-23)18-7-10-32-24(34-18)33-15-3-1-8-30-13-15/h2,4-7,9-10,14-15,22,30,35H,1,3,8,11-13H2,(H,36,37)(H,32,33,34)/t15-,22-/m0/s1. The van der Waals surface area contributed by atoms with Crippen LogP contribution in [-0.2, 0) is 11.3 Å². The third-order valence-electron chi connectivity index (χ3n) is 6.77. The van der Waals surface area contributed by atoms with E-state index in [0.29, 0.717) is 17.2 Å². The van der Waals surface area contributed by atoms with E-state index in [4.69, 9.17) is 4.74 Å². The van der Waals surface area contributed by atoms with Crippen molar-refractivity contribution in [2.24, 2.45) is 5.92 Å². The van der Waals surface area contributed by atoms with Crippen LogP contribution >= 0.6 is 0 Å². The highest BCUT2D eigenvalue weighted by atomic mass is 32.2. The number of nitrogens with one attached hydrogen (secondary N) is 3. The Morgan fingerprint density at radius 3 is 2.67 bits per heavy atom. The maximum Gasteiger partial charge on any atom is 0.248 e. The number of halogens is 4. The van der Waals surface area contributed by atoms with E-state index in [2.05, 4.69) is 30.3 Å². The SMILES string of the molecule is O=S(O)N[C@H](c1ccc(Oc2ncccc2-c2ccnc(N[C@H]3CCCNC3)n2)c(F)c1F)C1CC(F)(F)C1. The quantitative estimate of drug-likeness (QED) is 0.219. The summed E-state index contributed by atoms with van der Waals surface area (Å²) in [6.07, 6.45) is 3.74. The van der Waals surface area contributed by atoms with Crippen molar-refractivity contribution >= 4 is 17.2 Å². The van der Waals surface area contributed by atoms with Crippen molar-refractivity contribution in [2.45, 2.75) is 43.7 Å². The molecular weight excluding hydrogens is 540 g/mol. The molecule has 0 bridgehead atoms. The van der Waals surface area contributed by atoms with Crippen LogP contribution in [0, 0.1) is 17.6 Å². The van der Waals surface area contributed by atoms with Crippen molar-refractivity contribution in [2.75, 3.05) is 18.4 Å². The molecule has 3 aromatic rings. The second kappa shape index (κ2) is 11.5.